The molecule has 0 spiro atoms. The van der Waals surface area contributed by atoms with Crippen LogP contribution >= 0.6 is 0 Å². The smallest absolute Gasteiger partial charge is 0.316 e. The van der Waals surface area contributed by atoms with Crippen LogP contribution in [0.1, 0.15) is 45.1 Å². The van der Waals surface area contributed by atoms with Crippen molar-refractivity contribution >= 4 is 5.91 Å². The van der Waals surface area contributed by atoms with Crippen LogP contribution in [-0.2, 0) is 11.2 Å². The molecule has 0 unspecified atom stereocenters. The van der Waals surface area contributed by atoms with Gasteiger partial charge in [-0.1, -0.05) is 12.1 Å². The molecule has 0 bridgehead atoms. The van der Waals surface area contributed by atoms with Crippen molar-refractivity contribution < 1.29 is 23.4 Å². The van der Waals surface area contributed by atoms with Crippen LogP contribution in [0.5, 0.6) is 17.5 Å². The summed E-state index contributed by atoms with van der Waals surface area (Å²) in [4.78, 5) is 20.0. The Bertz CT molecular complexity index is 896. The van der Waals surface area contributed by atoms with E-state index in [0.717, 1.165) is 55.8 Å². The summed E-state index contributed by atoms with van der Waals surface area (Å²) in [7, 11) is 0. The molecule has 2 heterocycles. The number of hydrogen-bond donors (Lipinski definition) is 1. The van der Waals surface area contributed by atoms with Gasteiger partial charge in [0.25, 0.3) is 5.91 Å². The van der Waals surface area contributed by atoms with E-state index < -0.39 is 5.82 Å². The molecule has 8 heteroatoms. The van der Waals surface area contributed by atoms with Gasteiger partial charge in [-0.05, 0) is 45.6 Å². The number of carbonyl (C=O) groups is 1. The molecule has 7 nitrogen and oxygen atoms in total. The third kappa shape index (κ3) is 4.98. The van der Waals surface area contributed by atoms with Crippen molar-refractivity contribution in [2.45, 2.75) is 63.7 Å². The number of carbonyl (C=O) groups excluding carboxylic acids is 1. The van der Waals surface area contributed by atoms with Crippen molar-refractivity contribution in [3.05, 3.63) is 42.0 Å². The Morgan fingerprint density at radius 2 is 1.97 bits per heavy atom. The summed E-state index contributed by atoms with van der Waals surface area (Å²) in [6, 6.07) is 6.02. The second-order valence-corrected chi connectivity index (χ2v) is 8.41. The number of rotatable bonds is 6. The average molecular weight is 415 g/mol. The molecule has 160 valence electrons. The summed E-state index contributed by atoms with van der Waals surface area (Å²) in [5, 5.41) is 3.02. The zero-order valence-corrected chi connectivity index (χ0v) is 17.2. The van der Waals surface area contributed by atoms with Crippen molar-refractivity contribution in [1.29, 1.82) is 0 Å². The molecular formula is C22H26FN3O4. The highest BCUT2D eigenvalue weighted by atomic mass is 19.1. The second kappa shape index (κ2) is 8.45. The molecule has 2 aromatic rings. The number of nitrogens with zero attached hydrogens (tertiary/aromatic N) is 2. The van der Waals surface area contributed by atoms with Gasteiger partial charge in [-0.15, -0.1) is 0 Å². The maximum Gasteiger partial charge on any atom is 0.316 e. The first-order valence-electron chi connectivity index (χ1n) is 10.3. The van der Waals surface area contributed by atoms with E-state index in [2.05, 4.69) is 15.3 Å². The largest absolute Gasteiger partial charge is 0.483 e. The molecule has 0 saturated heterocycles. The van der Waals surface area contributed by atoms with Gasteiger partial charge < -0.3 is 19.5 Å². The van der Waals surface area contributed by atoms with Crippen LogP contribution < -0.4 is 19.5 Å². The molecule has 2 aliphatic rings. The SMILES string of the molecule is CC1(C)Cc2cccc(OCC(=O)NC3CCC(Oc4ncc(F)cn4)CC3)c2O1. The van der Waals surface area contributed by atoms with Crippen LogP contribution in [0.15, 0.2) is 30.6 Å². The highest BCUT2D eigenvalue weighted by molar-refractivity contribution is 5.78. The lowest BCUT2D eigenvalue weighted by Gasteiger charge is -2.28. The number of para-hydroxylation sites is 1. The normalized spacial score (nSPS) is 22.0. The Balaban J connectivity index is 1.22. The number of aromatic nitrogens is 2. The van der Waals surface area contributed by atoms with Gasteiger partial charge in [-0.3, -0.25) is 4.79 Å². The minimum atomic E-state index is -0.494. The molecule has 1 aliphatic heterocycles. The average Bonchev–Trinajstić information content (AvgIpc) is 3.04. The highest BCUT2D eigenvalue weighted by Gasteiger charge is 2.32. The highest BCUT2D eigenvalue weighted by Crippen LogP contribution is 2.41. The molecule has 4 rings (SSSR count). The quantitative estimate of drug-likeness (QED) is 0.780. The molecule has 1 aliphatic carbocycles. The first kappa shape index (κ1) is 20.4. The number of ether oxygens (including phenoxy) is 3. The molecule has 0 atom stereocenters. The van der Waals surface area contributed by atoms with E-state index in [1.54, 1.807) is 0 Å². The van der Waals surface area contributed by atoms with Gasteiger partial charge in [0.1, 0.15) is 11.7 Å². The Kier molecular flexibility index (Phi) is 5.74. The zero-order chi connectivity index (χ0) is 21.1. The topological polar surface area (TPSA) is 82.6 Å². The van der Waals surface area contributed by atoms with Gasteiger partial charge in [0, 0.05) is 18.0 Å². The molecular weight excluding hydrogens is 389 g/mol. The Morgan fingerprint density at radius 3 is 2.70 bits per heavy atom. The van der Waals surface area contributed by atoms with Gasteiger partial charge in [-0.2, -0.15) is 0 Å². The van der Waals surface area contributed by atoms with Gasteiger partial charge >= 0.3 is 6.01 Å². The lowest BCUT2D eigenvalue weighted by atomic mass is 9.93. The predicted molar refractivity (Wildman–Crippen MR) is 107 cm³/mol. The fourth-order valence-electron chi connectivity index (χ4n) is 3.95. The van der Waals surface area contributed by atoms with E-state index in [4.69, 9.17) is 14.2 Å². The summed E-state index contributed by atoms with van der Waals surface area (Å²) in [5.41, 5.74) is 0.838. The minimum absolute atomic E-state index is 0.0349. The van der Waals surface area contributed by atoms with Gasteiger partial charge in [-0.25, -0.2) is 14.4 Å². The molecule has 1 aromatic heterocycles. The second-order valence-electron chi connectivity index (χ2n) is 8.41. The number of benzene rings is 1. The van der Waals surface area contributed by atoms with Crippen molar-refractivity contribution in [2.75, 3.05) is 6.61 Å². The van der Waals surface area contributed by atoms with E-state index in [9.17, 15) is 9.18 Å². The van der Waals surface area contributed by atoms with E-state index in [1.165, 1.54) is 0 Å². The summed E-state index contributed by atoms with van der Waals surface area (Å²) < 4.78 is 30.3. The van der Waals surface area contributed by atoms with Crippen LogP contribution in [0.2, 0.25) is 0 Å². The van der Waals surface area contributed by atoms with Crippen molar-refractivity contribution in [3.63, 3.8) is 0 Å². The van der Waals surface area contributed by atoms with Crippen LogP contribution in [0.3, 0.4) is 0 Å². The molecule has 0 radical (unpaired) electrons. The fraction of sp³-hybridized carbons (Fsp3) is 0.500. The maximum absolute atomic E-state index is 12.9. The number of halogens is 1. The van der Waals surface area contributed by atoms with Crippen LogP contribution in [0.25, 0.3) is 0 Å². The standard InChI is InChI=1S/C22H26FN3O4/c1-22(2)10-14-4-3-5-18(20(14)30-22)28-13-19(27)26-16-6-8-17(9-7-16)29-21-24-11-15(23)12-25-21/h3-5,11-12,16-17H,6-10,13H2,1-2H3,(H,26,27). The predicted octanol–water partition coefficient (Wildman–Crippen LogP) is 3.21. The Morgan fingerprint density at radius 1 is 1.23 bits per heavy atom. The Labute approximate surface area is 175 Å². The van der Waals surface area contributed by atoms with Gasteiger partial charge in [0.2, 0.25) is 0 Å². The lowest BCUT2D eigenvalue weighted by molar-refractivity contribution is -0.124. The monoisotopic (exact) mass is 415 g/mol. The van der Waals surface area contributed by atoms with Crippen LogP contribution in [-0.4, -0.2) is 40.2 Å². The number of hydrogen-bond acceptors (Lipinski definition) is 6. The van der Waals surface area contributed by atoms with Crippen molar-refractivity contribution in [3.8, 4) is 17.5 Å². The number of fused-ring (bicyclic) bond motifs is 1. The molecule has 1 saturated carbocycles. The number of nitrogens with one attached hydrogen (secondary N) is 1. The summed E-state index contributed by atoms with van der Waals surface area (Å²) in [6.45, 7) is 4.01. The zero-order valence-electron chi connectivity index (χ0n) is 17.2. The summed E-state index contributed by atoms with van der Waals surface area (Å²) in [5.74, 6) is 0.684. The Hall–Kier alpha value is -2.90. The molecule has 1 fully saturated rings. The molecule has 30 heavy (non-hydrogen) atoms. The first-order valence-corrected chi connectivity index (χ1v) is 10.3. The number of amides is 1. The van der Waals surface area contributed by atoms with Crippen molar-refractivity contribution in [1.82, 2.24) is 15.3 Å². The van der Waals surface area contributed by atoms with E-state index in [-0.39, 0.29) is 36.3 Å². The fourth-order valence-corrected chi connectivity index (χ4v) is 3.95. The van der Waals surface area contributed by atoms with Crippen LogP contribution in [0, 0.1) is 5.82 Å². The third-order valence-electron chi connectivity index (χ3n) is 5.32. The molecule has 1 amide bonds. The molecule has 1 aromatic carbocycles. The third-order valence-corrected chi connectivity index (χ3v) is 5.32. The van der Waals surface area contributed by atoms with E-state index >= 15 is 0 Å². The summed E-state index contributed by atoms with van der Waals surface area (Å²) in [6.07, 6.45) is 6.06. The van der Waals surface area contributed by atoms with Gasteiger partial charge in [0.05, 0.1) is 12.4 Å². The van der Waals surface area contributed by atoms with Crippen LogP contribution in [0.4, 0.5) is 4.39 Å². The molecule has 1 N–H and O–H groups in total. The minimum Gasteiger partial charge on any atom is -0.483 e. The first-order chi connectivity index (χ1) is 14.4. The van der Waals surface area contributed by atoms with E-state index in [1.807, 2.05) is 32.0 Å². The maximum atomic E-state index is 12.9. The summed E-state index contributed by atoms with van der Waals surface area (Å²) >= 11 is 0. The van der Waals surface area contributed by atoms with Gasteiger partial charge in [0.15, 0.2) is 23.9 Å². The van der Waals surface area contributed by atoms with E-state index in [0.29, 0.717) is 5.75 Å². The van der Waals surface area contributed by atoms with Crippen molar-refractivity contribution in [2.24, 2.45) is 0 Å². The lowest BCUT2D eigenvalue weighted by Crippen LogP contribution is -2.41.